The lowest BCUT2D eigenvalue weighted by Crippen LogP contribution is -2.48. The van der Waals surface area contributed by atoms with E-state index in [2.05, 4.69) is 4.98 Å². The van der Waals surface area contributed by atoms with Gasteiger partial charge in [-0.25, -0.2) is 4.98 Å². The molecule has 1 aromatic carbocycles. The van der Waals surface area contributed by atoms with Gasteiger partial charge in [0.2, 0.25) is 5.91 Å². The number of nitrogens with zero attached hydrogens (tertiary/aromatic N) is 2. The smallest absolute Gasteiger partial charge is 0.338 e. The van der Waals surface area contributed by atoms with Crippen LogP contribution in [0.25, 0.3) is 10.6 Å². The Morgan fingerprint density at radius 2 is 2.04 bits per heavy atom. The van der Waals surface area contributed by atoms with Crippen LogP contribution in [0.3, 0.4) is 0 Å². The summed E-state index contributed by atoms with van der Waals surface area (Å²) in [4.78, 5) is 18.7. The third-order valence-corrected chi connectivity index (χ3v) is 5.48. The van der Waals surface area contributed by atoms with Gasteiger partial charge in [0, 0.05) is 30.1 Å². The molecule has 2 aromatic rings. The lowest BCUT2D eigenvalue weighted by Gasteiger charge is -2.35. The largest absolute Gasteiger partial charge is 0.416 e. The molecular formula is C18H22Cl2F3N3OS. The number of alkyl halides is 3. The van der Waals surface area contributed by atoms with Gasteiger partial charge in [-0.2, -0.15) is 13.2 Å². The van der Waals surface area contributed by atoms with Crippen LogP contribution in [-0.2, 0) is 17.4 Å². The normalized spacial score (nSPS) is 16.9. The molecule has 1 amide bonds. The van der Waals surface area contributed by atoms with E-state index in [-0.39, 0.29) is 43.2 Å². The molecule has 2 N–H and O–H groups in total. The first kappa shape index (κ1) is 24.7. The SMILES string of the molecule is Cl.Cl.NCC1CCCCN1C(=O)Cc1csc(-c2cccc(C(F)(F)F)c2)n1. The van der Waals surface area contributed by atoms with Crippen molar-refractivity contribution >= 4 is 42.1 Å². The van der Waals surface area contributed by atoms with Gasteiger partial charge in [-0.3, -0.25) is 4.79 Å². The summed E-state index contributed by atoms with van der Waals surface area (Å²) in [7, 11) is 0. The lowest BCUT2D eigenvalue weighted by molar-refractivity contribution is -0.137. The number of nitrogens with two attached hydrogens (primary N) is 1. The third kappa shape index (κ3) is 5.83. The minimum Gasteiger partial charge on any atom is -0.338 e. The van der Waals surface area contributed by atoms with Gasteiger partial charge in [-0.1, -0.05) is 12.1 Å². The van der Waals surface area contributed by atoms with Gasteiger partial charge in [0.15, 0.2) is 0 Å². The lowest BCUT2D eigenvalue weighted by atomic mass is 10.0. The molecule has 28 heavy (non-hydrogen) atoms. The van der Waals surface area contributed by atoms with Crippen LogP contribution >= 0.6 is 36.2 Å². The molecule has 1 atom stereocenters. The number of halogens is 5. The molecule has 0 radical (unpaired) electrons. The molecule has 1 aliphatic rings. The number of carbonyl (C=O) groups is 1. The topological polar surface area (TPSA) is 59.2 Å². The van der Waals surface area contributed by atoms with Crippen LogP contribution in [-0.4, -0.2) is 34.9 Å². The minimum atomic E-state index is -4.39. The highest BCUT2D eigenvalue weighted by Gasteiger charge is 2.31. The number of likely N-dealkylation sites (tertiary alicyclic amines) is 1. The number of rotatable bonds is 4. The quantitative estimate of drug-likeness (QED) is 0.734. The predicted octanol–water partition coefficient (Wildman–Crippen LogP) is 4.55. The summed E-state index contributed by atoms with van der Waals surface area (Å²) in [5.74, 6) is -0.0268. The highest BCUT2D eigenvalue weighted by molar-refractivity contribution is 7.13. The average molecular weight is 456 g/mol. The Morgan fingerprint density at radius 3 is 2.71 bits per heavy atom. The van der Waals surface area contributed by atoms with Crippen molar-refractivity contribution in [3.05, 3.63) is 40.9 Å². The molecule has 1 unspecified atom stereocenters. The van der Waals surface area contributed by atoms with Crippen molar-refractivity contribution in [2.24, 2.45) is 5.73 Å². The Balaban J connectivity index is 0.00000196. The fourth-order valence-corrected chi connectivity index (χ4v) is 4.00. The van der Waals surface area contributed by atoms with Crippen LogP contribution in [0.1, 0.15) is 30.5 Å². The molecule has 156 valence electrons. The second-order valence-electron chi connectivity index (χ2n) is 6.37. The summed E-state index contributed by atoms with van der Waals surface area (Å²) in [5, 5.41) is 2.21. The number of carbonyl (C=O) groups excluding carboxylic acids is 1. The van der Waals surface area contributed by atoms with Crippen molar-refractivity contribution in [1.82, 2.24) is 9.88 Å². The van der Waals surface area contributed by atoms with E-state index < -0.39 is 11.7 Å². The van der Waals surface area contributed by atoms with Crippen LogP contribution in [0.15, 0.2) is 29.6 Å². The van der Waals surface area contributed by atoms with Gasteiger partial charge in [0.25, 0.3) is 0 Å². The Bertz CT molecular complexity index is 785. The van der Waals surface area contributed by atoms with Gasteiger partial charge in [-0.15, -0.1) is 36.2 Å². The zero-order chi connectivity index (χ0) is 18.7. The van der Waals surface area contributed by atoms with Crippen LogP contribution in [0.5, 0.6) is 0 Å². The molecule has 1 aromatic heterocycles. The molecule has 0 saturated carbocycles. The molecule has 0 aliphatic carbocycles. The summed E-state index contributed by atoms with van der Waals surface area (Å²) in [5.41, 5.74) is 6.03. The predicted molar refractivity (Wildman–Crippen MR) is 109 cm³/mol. The van der Waals surface area contributed by atoms with Gasteiger partial charge in [0.1, 0.15) is 5.01 Å². The number of hydrogen-bond acceptors (Lipinski definition) is 4. The number of amides is 1. The highest BCUT2D eigenvalue weighted by Crippen LogP contribution is 2.33. The van der Waals surface area contributed by atoms with Crippen molar-refractivity contribution in [3.63, 3.8) is 0 Å². The summed E-state index contributed by atoms with van der Waals surface area (Å²) >= 11 is 1.24. The maximum absolute atomic E-state index is 12.9. The second kappa shape index (κ2) is 10.4. The number of aromatic nitrogens is 1. The van der Waals surface area contributed by atoms with E-state index in [1.807, 2.05) is 4.90 Å². The Labute approximate surface area is 178 Å². The Kier molecular flexibility index (Phi) is 9.20. The monoisotopic (exact) mass is 455 g/mol. The molecule has 3 rings (SSSR count). The van der Waals surface area contributed by atoms with Crippen LogP contribution in [0, 0.1) is 0 Å². The third-order valence-electron chi connectivity index (χ3n) is 4.54. The highest BCUT2D eigenvalue weighted by atomic mass is 35.5. The molecular weight excluding hydrogens is 434 g/mol. The first-order valence-corrected chi connectivity index (χ1v) is 9.38. The standard InChI is InChI=1S/C18H20F3N3OS.2ClH/c19-18(20,21)13-5-3-4-12(8-13)17-23-14(11-26-17)9-16(25)24-7-2-1-6-15(24)10-22;;/h3-5,8,11,15H,1-2,6-7,9-10,22H2;2*1H. The molecule has 1 aliphatic heterocycles. The minimum absolute atomic E-state index is 0. The van der Waals surface area contributed by atoms with E-state index in [4.69, 9.17) is 5.73 Å². The number of thiazole rings is 1. The van der Waals surface area contributed by atoms with Crippen molar-refractivity contribution in [2.45, 2.75) is 37.9 Å². The fourth-order valence-electron chi connectivity index (χ4n) is 3.18. The molecule has 10 heteroatoms. The summed E-state index contributed by atoms with van der Waals surface area (Å²) < 4.78 is 38.6. The molecule has 4 nitrogen and oxygen atoms in total. The maximum atomic E-state index is 12.9. The van der Waals surface area contributed by atoms with Crippen molar-refractivity contribution < 1.29 is 18.0 Å². The zero-order valence-electron chi connectivity index (χ0n) is 14.9. The fraction of sp³-hybridized carbons (Fsp3) is 0.444. The average Bonchev–Trinajstić information content (AvgIpc) is 3.09. The molecule has 0 spiro atoms. The number of hydrogen-bond donors (Lipinski definition) is 1. The van der Waals surface area contributed by atoms with Gasteiger partial charge in [0.05, 0.1) is 17.7 Å². The molecule has 1 saturated heterocycles. The van der Waals surface area contributed by atoms with Crippen LogP contribution < -0.4 is 5.73 Å². The molecule has 0 bridgehead atoms. The first-order valence-electron chi connectivity index (χ1n) is 8.50. The van der Waals surface area contributed by atoms with Crippen molar-refractivity contribution in [2.75, 3.05) is 13.1 Å². The Hall–Kier alpha value is -1.35. The van der Waals surface area contributed by atoms with Crippen molar-refractivity contribution in [3.8, 4) is 10.6 Å². The molecule has 2 heterocycles. The summed E-state index contributed by atoms with van der Waals surface area (Å²) in [6.45, 7) is 1.14. The number of benzene rings is 1. The Morgan fingerprint density at radius 1 is 1.29 bits per heavy atom. The van der Waals surface area contributed by atoms with Gasteiger partial charge < -0.3 is 10.6 Å². The van der Waals surface area contributed by atoms with E-state index in [1.165, 1.54) is 17.4 Å². The van der Waals surface area contributed by atoms with Gasteiger partial charge >= 0.3 is 6.18 Å². The van der Waals surface area contributed by atoms with E-state index in [1.54, 1.807) is 11.4 Å². The van der Waals surface area contributed by atoms with Crippen molar-refractivity contribution in [1.29, 1.82) is 0 Å². The maximum Gasteiger partial charge on any atom is 0.416 e. The van der Waals surface area contributed by atoms with Crippen LogP contribution in [0.4, 0.5) is 13.2 Å². The van der Waals surface area contributed by atoms with Crippen LogP contribution in [0.2, 0.25) is 0 Å². The van der Waals surface area contributed by atoms with Gasteiger partial charge in [-0.05, 0) is 31.4 Å². The van der Waals surface area contributed by atoms with E-state index >= 15 is 0 Å². The second-order valence-corrected chi connectivity index (χ2v) is 7.23. The van der Waals surface area contributed by atoms with E-state index in [0.29, 0.717) is 29.4 Å². The summed E-state index contributed by atoms with van der Waals surface area (Å²) in [6.07, 6.45) is -1.30. The van der Waals surface area contributed by atoms with E-state index in [9.17, 15) is 18.0 Å². The van der Waals surface area contributed by atoms with E-state index in [0.717, 1.165) is 31.4 Å². The summed E-state index contributed by atoms with van der Waals surface area (Å²) in [6, 6.07) is 5.14. The first-order chi connectivity index (χ1) is 12.4. The number of piperidine rings is 1. The zero-order valence-corrected chi connectivity index (χ0v) is 17.4. The molecule has 1 fully saturated rings.